The normalized spacial score (nSPS) is 22.5. The largest absolute Gasteiger partial charge is 0.363 e. The lowest BCUT2D eigenvalue weighted by molar-refractivity contribution is -0.133. The van der Waals surface area contributed by atoms with E-state index in [4.69, 9.17) is 4.74 Å². The first-order chi connectivity index (χ1) is 10.3. The van der Waals surface area contributed by atoms with Crippen molar-refractivity contribution in [2.45, 2.75) is 24.9 Å². The molecule has 0 saturated carbocycles. The minimum Gasteiger partial charge on any atom is -0.363 e. The van der Waals surface area contributed by atoms with Gasteiger partial charge in [-0.1, -0.05) is 42.5 Å². The van der Waals surface area contributed by atoms with Crippen LogP contribution in [0, 0.1) is 0 Å². The Hall–Kier alpha value is -1.87. The van der Waals surface area contributed by atoms with E-state index in [-0.39, 0.29) is 12.0 Å². The first-order valence-corrected chi connectivity index (χ1v) is 7.71. The van der Waals surface area contributed by atoms with Crippen LogP contribution in [0.1, 0.15) is 24.3 Å². The number of likely N-dealkylation sites (tertiary alicyclic amines) is 1. The molecule has 1 amide bonds. The van der Waals surface area contributed by atoms with Crippen LogP contribution in [0.15, 0.2) is 42.5 Å². The smallest absolute Gasteiger partial charge is 0.254 e. The van der Waals surface area contributed by atoms with Gasteiger partial charge >= 0.3 is 0 Å². The molecule has 2 aromatic carbocycles. The van der Waals surface area contributed by atoms with Crippen molar-refractivity contribution in [3.8, 4) is 0 Å². The van der Waals surface area contributed by atoms with Crippen LogP contribution in [-0.2, 0) is 9.53 Å². The Balaban J connectivity index is 1.53. The molecule has 2 saturated heterocycles. The highest BCUT2D eigenvalue weighted by molar-refractivity contribution is 5.86. The van der Waals surface area contributed by atoms with Gasteiger partial charge in [0.05, 0.1) is 6.61 Å². The Bertz CT molecular complexity index is 664. The molecule has 2 fully saturated rings. The van der Waals surface area contributed by atoms with Crippen LogP contribution in [0.4, 0.5) is 0 Å². The molecule has 2 heterocycles. The van der Waals surface area contributed by atoms with E-state index in [1.54, 1.807) is 0 Å². The molecule has 1 atom stereocenters. The first kappa shape index (κ1) is 12.8. The van der Waals surface area contributed by atoms with E-state index < -0.39 is 0 Å². The van der Waals surface area contributed by atoms with Crippen LogP contribution >= 0.6 is 0 Å². The van der Waals surface area contributed by atoms with Gasteiger partial charge in [0.15, 0.2) is 6.10 Å². The zero-order valence-corrected chi connectivity index (χ0v) is 12.0. The van der Waals surface area contributed by atoms with Gasteiger partial charge in [0.25, 0.3) is 5.91 Å². The Morgan fingerprint density at radius 1 is 1.05 bits per heavy atom. The van der Waals surface area contributed by atoms with E-state index in [0.717, 1.165) is 25.9 Å². The van der Waals surface area contributed by atoms with E-state index in [0.29, 0.717) is 12.5 Å². The molecule has 0 radical (unpaired) electrons. The van der Waals surface area contributed by atoms with Crippen molar-refractivity contribution in [2.24, 2.45) is 0 Å². The Kier molecular flexibility index (Phi) is 3.15. The van der Waals surface area contributed by atoms with Crippen molar-refractivity contribution < 1.29 is 9.53 Å². The van der Waals surface area contributed by atoms with E-state index in [9.17, 15) is 4.79 Å². The van der Waals surface area contributed by atoms with Gasteiger partial charge < -0.3 is 9.64 Å². The van der Waals surface area contributed by atoms with Crippen LogP contribution in [0.2, 0.25) is 0 Å². The summed E-state index contributed by atoms with van der Waals surface area (Å²) in [5.74, 6) is 0.742. The van der Waals surface area contributed by atoms with Crippen LogP contribution in [0.3, 0.4) is 0 Å². The lowest BCUT2D eigenvalue weighted by atomic mass is 9.86. The van der Waals surface area contributed by atoms with Crippen molar-refractivity contribution in [3.63, 3.8) is 0 Å². The van der Waals surface area contributed by atoms with Crippen LogP contribution in [0.25, 0.3) is 10.8 Å². The lowest BCUT2D eigenvalue weighted by Gasteiger charge is -2.32. The summed E-state index contributed by atoms with van der Waals surface area (Å²) >= 11 is 0. The number of fused-ring (bicyclic) bond motifs is 1. The maximum absolute atomic E-state index is 12.0. The van der Waals surface area contributed by atoms with Crippen LogP contribution < -0.4 is 0 Å². The number of ether oxygens (including phenoxy) is 1. The van der Waals surface area contributed by atoms with E-state index in [1.165, 1.54) is 16.3 Å². The summed E-state index contributed by atoms with van der Waals surface area (Å²) in [4.78, 5) is 14.0. The number of carbonyl (C=O) groups excluding carboxylic acids is 1. The number of hydrogen-bond acceptors (Lipinski definition) is 2. The highest BCUT2D eigenvalue weighted by Crippen LogP contribution is 2.33. The monoisotopic (exact) mass is 281 g/mol. The number of epoxide rings is 1. The van der Waals surface area contributed by atoms with Crippen molar-refractivity contribution in [1.29, 1.82) is 0 Å². The third kappa shape index (κ3) is 2.42. The minimum absolute atomic E-state index is 0.140. The van der Waals surface area contributed by atoms with Gasteiger partial charge in [0.1, 0.15) is 0 Å². The maximum Gasteiger partial charge on any atom is 0.254 e. The molecule has 2 aliphatic heterocycles. The fourth-order valence-electron chi connectivity index (χ4n) is 3.41. The van der Waals surface area contributed by atoms with Gasteiger partial charge in [-0.25, -0.2) is 0 Å². The average Bonchev–Trinajstić information content (AvgIpc) is 3.39. The van der Waals surface area contributed by atoms with Gasteiger partial charge in [0, 0.05) is 13.1 Å². The summed E-state index contributed by atoms with van der Waals surface area (Å²) in [6.07, 6.45) is 1.96. The first-order valence-electron chi connectivity index (χ1n) is 7.71. The molecule has 0 bridgehead atoms. The molecule has 0 spiro atoms. The molecule has 0 aromatic heterocycles. The maximum atomic E-state index is 12.0. The zero-order chi connectivity index (χ0) is 14.2. The average molecular weight is 281 g/mol. The van der Waals surface area contributed by atoms with Crippen molar-refractivity contribution in [3.05, 3.63) is 48.0 Å². The Labute approximate surface area is 124 Å². The number of carbonyl (C=O) groups is 1. The summed E-state index contributed by atoms with van der Waals surface area (Å²) in [5.41, 5.74) is 1.43. The van der Waals surface area contributed by atoms with E-state index in [2.05, 4.69) is 42.5 Å². The Morgan fingerprint density at radius 3 is 2.52 bits per heavy atom. The number of amides is 1. The molecule has 1 unspecified atom stereocenters. The number of nitrogens with zero attached hydrogens (tertiary/aromatic N) is 1. The molecule has 3 heteroatoms. The molecular weight excluding hydrogens is 262 g/mol. The fraction of sp³-hybridized carbons (Fsp3) is 0.389. The van der Waals surface area contributed by atoms with E-state index in [1.807, 2.05) is 4.90 Å². The molecule has 2 aliphatic rings. The van der Waals surface area contributed by atoms with Crippen molar-refractivity contribution >= 4 is 16.7 Å². The zero-order valence-electron chi connectivity index (χ0n) is 12.0. The second-order valence-electron chi connectivity index (χ2n) is 5.99. The van der Waals surface area contributed by atoms with E-state index >= 15 is 0 Å². The topological polar surface area (TPSA) is 32.8 Å². The minimum atomic E-state index is -0.140. The molecular formula is C18H19NO2. The third-order valence-corrected chi connectivity index (χ3v) is 4.68. The van der Waals surface area contributed by atoms with Crippen molar-refractivity contribution in [2.75, 3.05) is 19.7 Å². The quantitative estimate of drug-likeness (QED) is 0.793. The predicted molar refractivity (Wildman–Crippen MR) is 82.2 cm³/mol. The molecule has 0 N–H and O–H groups in total. The standard InChI is InChI=1S/C18H19NO2/c20-18(17-12-21-17)19-10-8-14(9-11-19)16-7-3-5-13-4-1-2-6-15(13)16/h1-7,14,17H,8-12H2. The van der Waals surface area contributed by atoms with Crippen LogP contribution in [-0.4, -0.2) is 36.6 Å². The summed E-state index contributed by atoms with van der Waals surface area (Å²) in [6, 6.07) is 15.1. The third-order valence-electron chi connectivity index (χ3n) is 4.68. The van der Waals surface area contributed by atoms with Gasteiger partial charge in [0.2, 0.25) is 0 Å². The number of piperidine rings is 1. The second kappa shape index (κ2) is 5.15. The van der Waals surface area contributed by atoms with Gasteiger partial charge in [-0.2, -0.15) is 0 Å². The summed E-state index contributed by atoms with van der Waals surface area (Å²) in [5, 5.41) is 2.66. The number of benzene rings is 2. The highest BCUT2D eigenvalue weighted by atomic mass is 16.6. The molecule has 0 aliphatic carbocycles. The molecule has 21 heavy (non-hydrogen) atoms. The SMILES string of the molecule is O=C(C1CO1)N1CCC(c2cccc3ccccc23)CC1. The highest BCUT2D eigenvalue weighted by Gasteiger charge is 2.36. The molecule has 108 valence electrons. The lowest BCUT2D eigenvalue weighted by Crippen LogP contribution is -2.40. The molecule has 3 nitrogen and oxygen atoms in total. The van der Waals surface area contributed by atoms with Crippen molar-refractivity contribution in [1.82, 2.24) is 4.90 Å². The second-order valence-corrected chi connectivity index (χ2v) is 5.99. The number of hydrogen-bond donors (Lipinski definition) is 0. The fourth-order valence-corrected chi connectivity index (χ4v) is 3.41. The Morgan fingerprint density at radius 2 is 1.76 bits per heavy atom. The molecule has 2 aromatic rings. The summed E-state index contributed by atoms with van der Waals surface area (Å²) < 4.78 is 5.10. The summed E-state index contributed by atoms with van der Waals surface area (Å²) in [6.45, 7) is 2.32. The van der Waals surface area contributed by atoms with Gasteiger partial charge in [-0.05, 0) is 35.1 Å². The van der Waals surface area contributed by atoms with Crippen LogP contribution in [0.5, 0.6) is 0 Å². The predicted octanol–water partition coefficient (Wildman–Crippen LogP) is 2.94. The number of rotatable bonds is 2. The molecule has 4 rings (SSSR count). The van der Waals surface area contributed by atoms with Gasteiger partial charge in [-0.15, -0.1) is 0 Å². The van der Waals surface area contributed by atoms with Gasteiger partial charge in [-0.3, -0.25) is 4.79 Å². The summed E-state index contributed by atoms with van der Waals surface area (Å²) in [7, 11) is 0.